The Bertz CT molecular complexity index is 532. The molecule has 1 aromatic rings. The number of carbonyl (C=O) groups is 1. The number of nitrogens with one attached hydrogen (secondary N) is 2. The summed E-state index contributed by atoms with van der Waals surface area (Å²) < 4.78 is 11.2. The lowest BCUT2D eigenvalue weighted by Crippen LogP contribution is -2.64. The van der Waals surface area contributed by atoms with Crippen molar-refractivity contribution in [3.8, 4) is 0 Å². The Morgan fingerprint density at radius 2 is 2.15 bits per heavy atom. The SMILES string of the molecule is O=C(Cc1cnc[nH]1)N[C@@H]1[C@H](OCCCCCS)OC(CO)C(O)[C@@H]1O. The average Bonchev–Trinajstić information content (AvgIpc) is 3.13. The summed E-state index contributed by atoms with van der Waals surface area (Å²) in [7, 11) is 0. The number of ether oxygens (including phenoxy) is 2. The van der Waals surface area contributed by atoms with Crippen molar-refractivity contribution in [3.05, 3.63) is 18.2 Å². The quantitative estimate of drug-likeness (QED) is 0.223. The van der Waals surface area contributed by atoms with Crippen LogP contribution in [0.5, 0.6) is 0 Å². The molecule has 1 aromatic heterocycles. The van der Waals surface area contributed by atoms with Crippen molar-refractivity contribution < 1.29 is 29.6 Å². The highest BCUT2D eigenvalue weighted by Crippen LogP contribution is 2.22. The number of amides is 1. The number of carbonyl (C=O) groups excluding carboxylic acids is 1. The number of H-pyrrole nitrogens is 1. The number of unbranched alkanes of at least 4 members (excludes halogenated alkanes) is 2. The zero-order valence-corrected chi connectivity index (χ0v) is 15.3. The van der Waals surface area contributed by atoms with Crippen LogP contribution in [0.1, 0.15) is 25.0 Å². The van der Waals surface area contributed by atoms with Crippen LogP contribution in [0.4, 0.5) is 0 Å². The highest BCUT2D eigenvalue weighted by Gasteiger charge is 2.45. The van der Waals surface area contributed by atoms with Crippen LogP contribution in [0.3, 0.4) is 0 Å². The van der Waals surface area contributed by atoms with E-state index < -0.39 is 37.3 Å². The van der Waals surface area contributed by atoms with Gasteiger partial charge in [-0.15, -0.1) is 0 Å². The van der Waals surface area contributed by atoms with Crippen molar-refractivity contribution in [3.63, 3.8) is 0 Å². The van der Waals surface area contributed by atoms with Gasteiger partial charge >= 0.3 is 0 Å². The van der Waals surface area contributed by atoms with E-state index in [-0.39, 0.29) is 12.3 Å². The molecule has 0 bridgehead atoms. The second kappa shape index (κ2) is 10.9. The summed E-state index contributed by atoms with van der Waals surface area (Å²) >= 11 is 4.15. The van der Waals surface area contributed by atoms with Crippen LogP contribution in [0.15, 0.2) is 12.5 Å². The molecule has 26 heavy (non-hydrogen) atoms. The van der Waals surface area contributed by atoms with Crippen molar-refractivity contribution in [2.24, 2.45) is 0 Å². The summed E-state index contributed by atoms with van der Waals surface area (Å²) in [6.07, 6.45) is 1.10. The summed E-state index contributed by atoms with van der Waals surface area (Å²) in [5, 5.41) is 32.4. The number of hydrogen-bond donors (Lipinski definition) is 6. The van der Waals surface area contributed by atoms with Gasteiger partial charge in [0.15, 0.2) is 6.29 Å². The molecule has 2 rings (SSSR count). The number of aromatic amines is 1. The van der Waals surface area contributed by atoms with E-state index in [2.05, 4.69) is 27.9 Å². The maximum Gasteiger partial charge on any atom is 0.226 e. The van der Waals surface area contributed by atoms with Crippen LogP contribution >= 0.6 is 12.6 Å². The van der Waals surface area contributed by atoms with Gasteiger partial charge in [0, 0.05) is 18.5 Å². The predicted molar refractivity (Wildman–Crippen MR) is 95.6 cm³/mol. The lowest BCUT2D eigenvalue weighted by molar-refractivity contribution is -0.270. The van der Waals surface area contributed by atoms with Crippen LogP contribution in [0.25, 0.3) is 0 Å². The van der Waals surface area contributed by atoms with Gasteiger partial charge in [-0.25, -0.2) is 4.98 Å². The second-order valence-electron chi connectivity index (χ2n) is 6.21. The maximum atomic E-state index is 12.2. The van der Waals surface area contributed by atoms with Crippen molar-refractivity contribution in [2.45, 2.75) is 56.3 Å². The third-order valence-corrected chi connectivity index (χ3v) is 4.52. The summed E-state index contributed by atoms with van der Waals surface area (Å²) in [6.45, 7) is -0.0983. The minimum absolute atomic E-state index is 0.0391. The van der Waals surface area contributed by atoms with Gasteiger partial charge in [0.25, 0.3) is 0 Å². The number of aliphatic hydroxyl groups excluding tert-OH is 3. The lowest BCUT2D eigenvalue weighted by Gasteiger charge is -2.42. The molecule has 2 heterocycles. The summed E-state index contributed by atoms with van der Waals surface area (Å²) in [6, 6.07) is -0.951. The molecule has 1 aliphatic heterocycles. The van der Waals surface area contributed by atoms with E-state index in [0.717, 1.165) is 25.0 Å². The first-order chi connectivity index (χ1) is 12.6. The molecule has 0 radical (unpaired) electrons. The lowest BCUT2D eigenvalue weighted by atomic mass is 9.96. The number of hydrogen-bond acceptors (Lipinski definition) is 8. The van der Waals surface area contributed by atoms with Crippen LogP contribution in [0.2, 0.25) is 0 Å². The van der Waals surface area contributed by atoms with Gasteiger partial charge in [-0.2, -0.15) is 12.6 Å². The van der Waals surface area contributed by atoms with E-state index in [1.807, 2.05) is 0 Å². The molecule has 9 nitrogen and oxygen atoms in total. The zero-order chi connectivity index (χ0) is 18.9. The van der Waals surface area contributed by atoms with Gasteiger partial charge in [0.1, 0.15) is 24.4 Å². The monoisotopic (exact) mass is 389 g/mol. The van der Waals surface area contributed by atoms with Crippen molar-refractivity contribution in [1.29, 1.82) is 0 Å². The molecule has 10 heteroatoms. The van der Waals surface area contributed by atoms with Gasteiger partial charge in [-0.3, -0.25) is 4.79 Å². The first-order valence-electron chi connectivity index (χ1n) is 8.68. The smallest absolute Gasteiger partial charge is 0.226 e. The molecule has 2 unspecified atom stereocenters. The molecule has 1 saturated heterocycles. The van der Waals surface area contributed by atoms with E-state index in [9.17, 15) is 20.1 Å². The summed E-state index contributed by atoms with van der Waals surface area (Å²) in [4.78, 5) is 18.9. The molecular formula is C16H27N3O6S. The standard InChI is InChI=1S/C16H27N3O6S/c20-8-11-14(22)15(23)13(16(25-11)24-4-2-1-3-5-26)19-12(21)6-10-7-17-9-18-10/h7,9,11,13-16,20,22-23,26H,1-6,8H2,(H,17,18)(H,19,21)/t11?,13-,14?,15+,16+/m0/s1. The molecule has 1 aliphatic rings. The van der Waals surface area contributed by atoms with Gasteiger partial charge in [0.2, 0.25) is 5.91 Å². The molecule has 0 spiro atoms. The average molecular weight is 389 g/mol. The molecule has 5 atom stereocenters. The fraction of sp³-hybridized carbons (Fsp3) is 0.750. The minimum Gasteiger partial charge on any atom is -0.394 e. The number of rotatable bonds is 10. The molecular weight excluding hydrogens is 362 g/mol. The largest absolute Gasteiger partial charge is 0.394 e. The first kappa shape index (κ1) is 21.1. The molecule has 1 fully saturated rings. The number of nitrogens with zero attached hydrogens (tertiary/aromatic N) is 1. The molecule has 0 aliphatic carbocycles. The van der Waals surface area contributed by atoms with Crippen LogP contribution in [-0.4, -0.2) is 80.8 Å². The Morgan fingerprint density at radius 1 is 1.35 bits per heavy atom. The molecule has 148 valence electrons. The number of aliphatic hydroxyl groups is 3. The van der Waals surface area contributed by atoms with Crippen LogP contribution < -0.4 is 5.32 Å². The van der Waals surface area contributed by atoms with E-state index >= 15 is 0 Å². The second-order valence-corrected chi connectivity index (χ2v) is 6.66. The summed E-state index contributed by atoms with van der Waals surface area (Å²) in [5.74, 6) is 0.421. The Balaban J connectivity index is 1.95. The number of imidazole rings is 1. The van der Waals surface area contributed by atoms with Crippen molar-refractivity contribution in [1.82, 2.24) is 15.3 Å². The van der Waals surface area contributed by atoms with Crippen LogP contribution in [0, 0.1) is 0 Å². The van der Waals surface area contributed by atoms with Gasteiger partial charge < -0.3 is 35.1 Å². The van der Waals surface area contributed by atoms with Crippen molar-refractivity contribution >= 4 is 18.5 Å². The molecule has 5 N–H and O–H groups in total. The predicted octanol–water partition coefficient (Wildman–Crippen LogP) is -1.01. The third kappa shape index (κ3) is 5.93. The fourth-order valence-corrected chi connectivity index (χ4v) is 2.98. The number of aromatic nitrogens is 2. The Labute approximate surface area is 157 Å². The topological polar surface area (TPSA) is 137 Å². The van der Waals surface area contributed by atoms with Gasteiger partial charge in [0.05, 0.1) is 19.4 Å². The Kier molecular flexibility index (Phi) is 8.82. The maximum absolute atomic E-state index is 12.2. The zero-order valence-electron chi connectivity index (χ0n) is 14.5. The van der Waals surface area contributed by atoms with Crippen LogP contribution in [-0.2, 0) is 20.7 Å². The van der Waals surface area contributed by atoms with Gasteiger partial charge in [-0.1, -0.05) is 6.42 Å². The molecule has 1 amide bonds. The van der Waals surface area contributed by atoms with E-state index in [4.69, 9.17) is 9.47 Å². The van der Waals surface area contributed by atoms with E-state index in [1.165, 1.54) is 12.5 Å². The molecule has 0 saturated carbocycles. The molecule has 0 aromatic carbocycles. The van der Waals surface area contributed by atoms with Gasteiger partial charge in [-0.05, 0) is 18.6 Å². The Morgan fingerprint density at radius 3 is 2.81 bits per heavy atom. The highest BCUT2D eigenvalue weighted by atomic mass is 32.1. The van der Waals surface area contributed by atoms with E-state index in [1.54, 1.807) is 0 Å². The van der Waals surface area contributed by atoms with Crippen molar-refractivity contribution in [2.75, 3.05) is 19.0 Å². The Hall–Kier alpha value is -1.17. The minimum atomic E-state index is -1.33. The highest BCUT2D eigenvalue weighted by molar-refractivity contribution is 7.80. The third-order valence-electron chi connectivity index (χ3n) is 4.20. The van der Waals surface area contributed by atoms with E-state index in [0.29, 0.717) is 12.3 Å². The number of thiol groups is 1. The fourth-order valence-electron chi connectivity index (χ4n) is 2.76. The normalized spacial score (nSPS) is 28.8. The summed E-state index contributed by atoms with van der Waals surface area (Å²) in [5.41, 5.74) is 0.617. The first-order valence-corrected chi connectivity index (χ1v) is 9.31.